The van der Waals surface area contributed by atoms with Crippen molar-refractivity contribution < 1.29 is 0 Å². The number of aromatic nitrogens is 1. The van der Waals surface area contributed by atoms with Crippen LogP contribution in [0.15, 0.2) is 36.5 Å². The minimum absolute atomic E-state index is 0.201. The molecule has 2 rings (SSSR count). The molecule has 3 heteroatoms. The Morgan fingerprint density at radius 1 is 1.11 bits per heavy atom. The van der Waals surface area contributed by atoms with Gasteiger partial charge in [-0.3, -0.25) is 0 Å². The van der Waals surface area contributed by atoms with Crippen molar-refractivity contribution in [2.75, 3.05) is 5.32 Å². The molecule has 2 nitrogen and oxygen atoms in total. The molecular weight excluding hydrogens is 244 g/mol. The Morgan fingerprint density at radius 3 is 2.50 bits per heavy atom. The highest BCUT2D eigenvalue weighted by atomic mass is 35.5. The van der Waals surface area contributed by atoms with Gasteiger partial charge in [-0.25, -0.2) is 4.98 Å². The molecule has 1 unspecified atom stereocenters. The van der Waals surface area contributed by atoms with Crippen LogP contribution in [0.2, 0.25) is 5.15 Å². The van der Waals surface area contributed by atoms with E-state index in [4.69, 9.17) is 11.6 Å². The molecule has 0 aliphatic carbocycles. The van der Waals surface area contributed by atoms with Gasteiger partial charge < -0.3 is 5.32 Å². The van der Waals surface area contributed by atoms with Gasteiger partial charge in [0.15, 0.2) is 5.15 Å². The van der Waals surface area contributed by atoms with Crippen LogP contribution in [0.1, 0.15) is 29.7 Å². The van der Waals surface area contributed by atoms with Crippen molar-refractivity contribution in [3.8, 4) is 0 Å². The lowest BCUT2D eigenvalue weighted by Gasteiger charge is -2.19. The smallest absolute Gasteiger partial charge is 0.152 e. The van der Waals surface area contributed by atoms with E-state index >= 15 is 0 Å². The van der Waals surface area contributed by atoms with Crippen LogP contribution in [0.25, 0.3) is 0 Å². The zero-order valence-corrected chi connectivity index (χ0v) is 11.6. The van der Waals surface area contributed by atoms with E-state index in [9.17, 15) is 0 Å². The molecule has 2 aromatic rings. The maximum absolute atomic E-state index is 6.13. The third-order valence-electron chi connectivity index (χ3n) is 3.13. The summed E-state index contributed by atoms with van der Waals surface area (Å²) >= 11 is 6.13. The third kappa shape index (κ3) is 2.65. The van der Waals surface area contributed by atoms with Crippen LogP contribution in [-0.4, -0.2) is 4.98 Å². The first-order valence-corrected chi connectivity index (χ1v) is 6.40. The number of rotatable bonds is 3. The summed E-state index contributed by atoms with van der Waals surface area (Å²) < 4.78 is 0. The largest absolute Gasteiger partial charge is 0.376 e. The number of benzene rings is 1. The summed E-state index contributed by atoms with van der Waals surface area (Å²) in [5, 5.41) is 3.96. The second-order valence-electron chi connectivity index (χ2n) is 4.52. The van der Waals surface area contributed by atoms with Gasteiger partial charge in [0, 0.05) is 12.2 Å². The van der Waals surface area contributed by atoms with Gasteiger partial charge in [0.25, 0.3) is 0 Å². The molecule has 1 aromatic carbocycles. The molecule has 1 N–H and O–H groups in total. The van der Waals surface area contributed by atoms with Crippen LogP contribution < -0.4 is 5.32 Å². The fraction of sp³-hybridized carbons (Fsp3) is 0.267. The Labute approximate surface area is 113 Å². The molecule has 0 aliphatic rings. The standard InChI is InChI=1S/C15H17ClN2/c1-10-6-4-5-7-13(10)12(3)18-14-11(2)8-9-17-15(14)16/h4-9,12,18H,1-3H3. The summed E-state index contributed by atoms with van der Waals surface area (Å²) in [6.45, 7) is 6.27. The van der Waals surface area contributed by atoms with Gasteiger partial charge in [0.2, 0.25) is 0 Å². The van der Waals surface area contributed by atoms with E-state index in [1.807, 2.05) is 19.1 Å². The van der Waals surface area contributed by atoms with Crippen LogP contribution in [0.5, 0.6) is 0 Å². The monoisotopic (exact) mass is 260 g/mol. The van der Waals surface area contributed by atoms with E-state index in [-0.39, 0.29) is 6.04 Å². The quantitative estimate of drug-likeness (QED) is 0.821. The number of halogens is 1. The number of hydrogen-bond donors (Lipinski definition) is 1. The van der Waals surface area contributed by atoms with E-state index in [0.29, 0.717) is 5.15 Å². The second kappa shape index (κ2) is 5.40. The topological polar surface area (TPSA) is 24.9 Å². The van der Waals surface area contributed by atoms with Crippen molar-refractivity contribution in [3.63, 3.8) is 0 Å². The second-order valence-corrected chi connectivity index (χ2v) is 4.87. The molecule has 1 aromatic heterocycles. The van der Waals surface area contributed by atoms with Gasteiger partial charge in [-0.2, -0.15) is 0 Å². The zero-order chi connectivity index (χ0) is 13.1. The Bertz CT molecular complexity index is 532. The van der Waals surface area contributed by atoms with Crippen molar-refractivity contribution >= 4 is 17.3 Å². The van der Waals surface area contributed by atoms with E-state index in [1.165, 1.54) is 11.1 Å². The molecule has 0 aliphatic heterocycles. The zero-order valence-electron chi connectivity index (χ0n) is 10.9. The van der Waals surface area contributed by atoms with Gasteiger partial charge in [-0.15, -0.1) is 0 Å². The first-order valence-electron chi connectivity index (χ1n) is 6.02. The van der Waals surface area contributed by atoms with E-state index in [1.54, 1.807) is 6.20 Å². The number of nitrogens with zero attached hydrogens (tertiary/aromatic N) is 1. The third-order valence-corrected chi connectivity index (χ3v) is 3.42. The molecule has 0 spiro atoms. The van der Waals surface area contributed by atoms with Gasteiger partial charge in [-0.05, 0) is 43.5 Å². The molecule has 1 atom stereocenters. The number of pyridine rings is 1. The lowest BCUT2D eigenvalue weighted by Crippen LogP contribution is -2.09. The first-order chi connectivity index (χ1) is 8.59. The highest BCUT2D eigenvalue weighted by Crippen LogP contribution is 2.28. The van der Waals surface area contributed by atoms with Crippen LogP contribution in [-0.2, 0) is 0 Å². The predicted molar refractivity (Wildman–Crippen MR) is 77.2 cm³/mol. The average molecular weight is 261 g/mol. The highest BCUT2D eigenvalue weighted by molar-refractivity contribution is 6.32. The average Bonchev–Trinajstić information content (AvgIpc) is 2.34. The molecule has 0 amide bonds. The van der Waals surface area contributed by atoms with E-state index in [0.717, 1.165) is 11.3 Å². The van der Waals surface area contributed by atoms with E-state index < -0.39 is 0 Å². The first kappa shape index (κ1) is 12.9. The molecular formula is C15H17ClN2. The summed E-state index contributed by atoms with van der Waals surface area (Å²) in [5.74, 6) is 0. The molecule has 18 heavy (non-hydrogen) atoms. The van der Waals surface area contributed by atoms with Crippen LogP contribution in [0.3, 0.4) is 0 Å². The SMILES string of the molecule is Cc1ccccc1C(C)Nc1c(C)ccnc1Cl. The van der Waals surface area contributed by atoms with Crippen molar-refractivity contribution in [3.05, 3.63) is 58.4 Å². The number of anilines is 1. The van der Waals surface area contributed by atoms with Gasteiger partial charge in [-0.1, -0.05) is 35.9 Å². The summed E-state index contributed by atoms with van der Waals surface area (Å²) in [7, 11) is 0. The minimum atomic E-state index is 0.201. The van der Waals surface area contributed by atoms with Crippen molar-refractivity contribution in [2.24, 2.45) is 0 Å². The number of aryl methyl sites for hydroxylation is 2. The van der Waals surface area contributed by atoms with Gasteiger partial charge in [0.1, 0.15) is 0 Å². The predicted octanol–water partition coefficient (Wildman–Crippen LogP) is 4.52. The molecule has 0 bridgehead atoms. The summed E-state index contributed by atoms with van der Waals surface area (Å²) in [4.78, 5) is 4.11. The van der Waals surface area contributed by atoms with Gasteiger partial charge >= 0.3 is 0 Å². The molecule has 1 heterocycles. The fourth-order valence-corrected chi connectivity index (χ4v) is 2.33. The lowest BCUT2D eigenvalue weighted by molar-refractivity contribution is 0.870. The van der Waals surface area contributed by atoms with Crippen LogP contribution in [0.4, 0.5) is 5.69 Å². The number of hydrogen-bond acceptors (Lipinski definition) is 2. The van der Waals surface area contributed by atoms with Crippen LogP contribution >= 0.6 is 11.6 Å². The fourth-order valence-electron chi connectivity index (χ4n) is 2.07. The minimum Gasteiger partial charge on any atom is -0.376 e. The Kier molecular flexibility index (Phi) is 3.87. The van der Waals surface area contributed by atoms with Crippen LogP contribution in [0, 0.1) is 13.8 Å². The maximum Gasteiger partial charge on any atom is 0.152 e. The molecule has 0 saturated carbocycles. The Morgan fingerprint density at radius 2 is 1.83 bits per heavy atom. The van der Waals surface area contributed by atoms with Crippen molar-refractivity contribution in [1.82, 2.24) is 4.98 Å². The normalized spacial score (nSPS) is 12.2. The molecule has 0 fully saturated rings. The molecule has 0 saturated heterocycles. The molecule has 0 radical (unpaired) electrons. The maximum atomic E-state index is 6.13. The summed E-state index contributed by atoms with van der Waals surface area (Å²) in [6, 6.07) is 10.5. The summed E-state index contributed by atoms with van der Waals surface area (Å²) in [5.41, 5.74) is 4.57. The molecule has 94 valence electrons. The Balaban J connectivity index is 2.27. The van der Waals surface area contributed by atoms with E-state index in [2.05, 4.69) is 42.3 Å². The highest BCUT2D eigenvalue weighted by Gasteiger charge is 2.11. The van der Waals surface area contributed by atoms with Crippen molar-refractivity contribution in [2.45, 2.75) is 26.8 Å². The Hall–Kier alpha value is -1.54. The van der Waals surface area contributed by atoms with Gasteiger partial charge in [0.05, 0.1) is 5.69 Å². The number of nitrogens with one attached hydrogen (secondary N) is 1. The summed E-state index contributed by atoms with van der Waals surface area (Å²) in [6.07, 6.45) is 1.72. The van der Waals surface area contributed by atoms with Crippen molar-refractivity contribution in [1.29, 1.82) is 0 Å². The lowest BCUT2D eigenvalue weighted by atomic mass is 10.0.